The number of hydrazone groups is 1. The number of ether oxygens (including phenoxy) is 1. The molecule has 3 rings (SSSR count). The number of hydrogen-bond acceptors (Lipinski definition) is 8. The molecule has 0 aliphatic rings. The minimum Gasteiger partial charge on any atom is -0.497 e. The van der Waals surface area contributed by atoms with Crippen LogP contribution < -0.4 is 16.0 Å². The Morgan fingerprint density at radius 1 is 1.17 bits per heavy atom. The zero-order valence-electron chi connectivity index (χ0n) is 16.2. The number of nitrogens with one attached hydrogen (secondary N) is 1. The summed E-state index contributed by atoms with van der Waals surface area (Å²) in [5, 5.41) is 12.9. The summed E-state index contributed by atoms with van der Waals surface area (Å²) in [5.41, 5.74) is 5.31. The van der Waals surface area contributed by atoms with Crippen LogP contribution in [0.2, 0.25) is 0 Å². The molecule has 0 saturated heterocycles. The van der Waals surface area contributed by atoms with Gasteiger partial charge in [-0.15, -0.1) is 10.2 Å². The number of rotatable bonds is 9. The van der Waals surface area contributed by atoms with Crippen molar-refractivity contribution in [1.82, 2.24) is 14.9 Å². The fraction of sp³-hybridized carbons (Fsp3) is 0.200. The first-order chi connectivity index (χ1) is 14.1. The Bertz CT molecular complexity index is 1000. The summed E-state index contributed by atoms with van der Waals surface area (Å²) >= 11 is 1.21. The van der Waals surface area contributed by atoms with Gasteiger partial charge in [0.25, 0.3) is 5.95 Å². The fourth-order valence-electron chi connectivity index (χ4n) is 2.56. The number of hydrogen-bond donors (Lipinski definition) is 2. The molecule has 3 aromatic rings. The van der Waals surface area contributed by atoms with Crippen molar-refractivity contribution in [2.24, 2.45) is 5.10 Å². The van der Waals surface area contributed by atoms with Crippen molar-refractivity contribution in [3.63, 3.8) is 0 Å². The number of Topliss-reactive ketones (excluding diaryl/α,β-unsaturated/α-hetero) is 1. The lowest BCUT2D eigenvalue weighted by Crippen LogP contribution is -2.15. The number of nitrogen functional groups attached to an aromatic ring is 1. The third kappa shape index (κ3) is 5.14. The second kappa shape index (κ2) is 9.74. The number of methoxy groups -OCH3 is 1. The van der Waals surface area contributed by atoms with Gasteiger partial charge in [-0.1, -0.05) is 61.2 Å². The van der Waals surface area contributed by atoms with Gasteiger partial charge in [-0.25, -0.2) is 10.1 Å². The molecular formula is C20H22N6O2S. The molecular weight excluding hydrogens is 388 g/mol. The number of benzene rings is 2. The van der Waals surface area contributed by atoms with Crippen molar-refractivity contribution in [2.45, 2.75) is 18.5 Å². The van der Waals surface area contributed by atoms with E-state index in [4.69, 9.17) is 10.6 Å². The molecule has 1 aromatic heterocycles. The third-order valence-electron chi connectivity index (χ3n) is 4.12. The van der Waals surface area contributed by atoms with Crippen LogP contribution in [0.3, 0.4) is 0 Å². The Hall–Kier alpha value is -3.33. The monoisotopic (exact) mass is 410 g/mol. The molecule has 0 saturated carbocycles. The Morgan fingerprint density at radius 3 is 2.66 bits per heavy atom. The van der Waals surface area contributed by atoms with Crippen LogP contribution in [0.1, 0.15) is 29.3 Å². The van der Waals surface area contributed by atoms with E-state index in [9.17, 15) is 4.79 Å². The number of nitrogens with two attached hydrogens (primary N) is 1. The van der Waals surface area contributed by atoms with E-state index in [2.05, 4.69) is 20.7 Å². The number of nitrogens with zero attached hydrogens (tertiary/aromatic N) is 4. The van der Waals surface area contributed by atoms with E-state index >= 15 is 0 Å². The van der Waals surface area contributed by atoms with Crippen molar-refractivity contribution >= 4 is 29.2 Å². The molecule has 3 N–H and O–H groups in total. The molecule has 0 fully saturated rings. The Labute approximate surface area is 173 Å². The molecule has 0 atom stereocenters. The molecule has 9 heteroatoms. The Balaban J connectivity index is 1.64. The SMILES string of the molecule is CC/C(=N/Nc1nnc(SCC(=O)c2cccc(OC)c2)n1N)c1ccccc1. The second-order valence-corrected chi connectivity index (χ2v) is 6.95. The van der Waals surface area contributed by atoms with E-state index in [1.807, 2.05) is 37.3 Å². The molecule has 0 aliphatic heterocycles. The average Bonchev–Trinajstić information content (AvgIpc) is 3.12. The smallest absolute Gasteiger partial charge is 0.264 e. The summed E-state index contributed by atoms with van der Waals surface area (Å²) in [5.74, 6) is 7.10. The standard InChI is InChI=1S/C20H22N6O2S/c1-3-17(14-8-5-4-6-9-14)22-23-19-24-25-20(26(19)21)29-13-18(27)15-10-7-11-16(12-15)28-2/h4-12H,3,13,21H2,1-2H3,(H,23,24)/b22-17-. The summed E-state index contributed by atoms with van der Waals surface area (Å²) in [4.78, 5) is 12.4. The lowest BCUT2D eigenvalue weighted by Gasteiger charge is -2.06. The molecule has 0 spiro atoms. The van der Waals surface area contributed by atoms with Crippen LogP contribution in [0.4, 0.5) is 5.95 Å². The second-order valence-electron chi connectivity index (χ2n) is 6.01. The molecule has 150 valence electrons. The van der Waals surface area contributed by atoms with Crippen LogP contribution in [0, 0.1) is 0 Å². The first-order valence-electron chi connectivity index (χ1n) is 9.01. The number of ketones is 1. The number of carbonyl (C=O) groups excluding carboxylic acids is 1. The van der Waals surface area contributed by atoms with Crippen LogP contribution in [-0.2, 0) is 0 Å². The summed E-state index contributed by atoms with van der Waals surface area (Å²) in [6.07, 6.45) is 0.742. The Morgan fingerprint density at radius 2 is 1.93 bits per heavy atom. The van der Waals surface area contributed by atoms with Crippen LogP contribution in [0.25, 0.3) is 0 Å². The highest BCUT2D eigenvalue weighted by Crippen LogP contribution is 2.20. The van der Waals surface area contributed by atoms with E-state index in [1.54, 1.807) is 31.4 Å². The molecule has 0 radical (unpaired) electrons. The van der Waals surface area contributed by atoms with Crippen molar-refractivity contribution < 1.29 is 9.53 Å². The normalized spacial score (nSPS) is 11.3. The highest BCUT2D eigenvalue weighted by atomic mass is 32.2. The molecule has 0 bridgehead atoms. The quantitative estimate of drug-likeness (QED) is 0.183. The summed E-state index contributed by atoms with van der Waals surface area (Å²) in [6.45, 7) is 2.02. The number of anilines is 1. The van der Waals surface area contributed by atoms with Crippen molar-refractivity contribution in [3.05, 3.63) is 65.7 Å². The van der Waals surface area contributed by atoms with Crippen LogP contribution in [0.15, 0.2) is 64.9 Å². The fourth-order valence-corrected chi connectivity index (χ4v) is 3.31. The maximum atomic E-state index is 12.4. The van der Waals surface area contributed by atoms with Gasteiger partial charge in [0.2, 0.25) is 5.16 Å². The van der Waals surface area contributed by atoms with Gasteiger partial charge in [0.1, 0.15) is 5.75 Å². The predicted octanol–water partition coefficient (Wildman–Crippen LogP) is 3.20. The van der Waals surface area contributed by atoms with Crippen molar-refractivity contribution in [1.29, 1.82) is 0 Å². The van der Waals surface area contributed by atoms with E-state index in [0.29, 0.717) is 22.4 Å². The summed E-state index contributed by atoms with van der Waals surface area (Å²) < 4.78 is 6.43. The van der Waals surface area contributed by atoms with Crippen LogP contribution >= 0.6 is 11.8 Å². The minimum absolute atomic E-state index is 0.0539. The topological polar surface area (TPSA) is 107 Å². The van der Waals surface area contributed by atoms with Crippen LogP contribution in [0.5, 0.6) is 5.75 Å². The lowest BCUT2D eigenvalue weighted by molar-refractivity contribution is 0.102. The zero-order valence-corrected chi connectivity index (χ0v) is 17.0. The molecule has 29 heavy (non-hydrogen) atoms. The average molecular weight is 411 g/mol. The third-order valence-corrected chi connectivity index (χ3v) is 5.06. The zero-order chi connectivity index (χ0) is 20.6. The molecule has 8 nitrogen and oxygen atoms in total. The highest BCUT2D eigenvalue weighted by molar-refractivity contribution is 7.99. The van der Waals surface area contributed by atoms with E-state index in [1.165, 1.54) is 16.4 Å². The van der Waals surface area contributed by atoms with Crippen LogP contribution in [-0.4, -0.2) is 39.2 Å². The van der Waals surface area contributed by atoms with Crippen molar-refractivity contribution in [2.75, 3.05) is 24.1 Å². The molecule has 0 aliphatic carbocycles. The highest BCUT2D eigenvalue weighted by Gasteiger charge is 2.14. The van der Waals surface area contributed by atoms with Gasteiger partial charge in [0.05, 0.1) is 18.6 Å². The van der Waals surface area contributed by atoms with Gasteiger partial charge in [0.15, 0.2) is 5.78 Å². The largest absolute Gasteiger partial charge is 0.497 e. The maximum absolute atomic E-state index is 12.4. The lowest BCUT2D eigenvalue weighted by atomic mass is 10.1. The first kappa shape index (κ1) is 20.4. The van der Waals surface area contributed by atoms with Gasteiger partial charge in [-0.2, -0.15) is 5.10 Å². The maximum Gasteiger partial charge on any atom is 0.264 e. The summed E-state index contributed by atoms with van der Waals surface area (Å²) in [6, 6.07) is 16.9. The van der Waals surface area contributed by atoms with E-state index < -0.39 is 0 Å². The van der Waals surface area contributed by atoms with Gasteiger partial charge >= 0.3 is 0 Å². The van der Waals surface area contributed by atoms with E-state index in [0.717, 1.165) is 17.7 Å². The molecule has 0 amide bonds. The number of thioether (sulfide) groups is 1. The van der Waals surface area contributed by atoms with E-state index in [-0.39, 0.29) is 11.5 Å². The van der Waals surface area contributed by atoms with Gasteiger partial charge in [0, 0.05) is 5.56 Å². The Kier molecular flexibility index (Phi) is 6.85. The predicted molar refractivity (Wildman–Crippen MR) is 115 cm³/mol. The number of carbonyl (C=O) groups is 1. The minimum atomic E-state index is -0.0539. The first-order valence-corrected chi connectivity index (χ1v) is 9.99. The van der Waals surface area contributed by atoms with Gasteiger partial charge < -0.3 is 10.6 Å². The summed E-state index contributed by atoms with van der Waals surface area (Å²) in [7, 11) is 1.56. The molecule has 1 heterocycles. The molecule has 0 unspecified atom stereocenters. The number of aromatic nitrogens is 3. The van der Waals surface area contributed by atoms with Crippen molar-refractivity contribution in [3.8, 4) is 5.75 Å². The van der Waals surface area contributed by atoms with Gasteiger partial charge in [-0.3, -0.25) is 4.79 Å². The molecule has 2 aromatic carbocycles. The van der Waals surface area contributed by atoms with Gasteiger partial charge in [-0.05, 0) is 24.1 Å².